The molecule has 1 N–H and O–H groups in total. The Morgan fingerprint density at radius 2 is 2.32 bits per heavy atom. The molecule has 4 nitrogen and oxygen atoms in total. The molecular formula is C14H12FNO3. The summed E-state index contributed by atoms with van der Waals surface area (Å²) in [5.41, 5.74) is 0.831. The molecule has 19 heavy (non-hydrogen) atoms. The van der Waals surface area contributed by atoms with E-state index >= 15 is 0 Å². The Morgan fingerprint density at radius 1 is 1.42 bits per heavy atom. The van der Waals surface area contributed by atoms with Crippen LogP contribution in [0.3, 0.4) is 0 Å². The number of carbonyl (C=O) groups excluding carboxylic acids is 1. The molecule has 98 valence electrons. The van der Waals surface area contributed by atoms with Crippen LogP contribution < -0.4 is 10.1 Å². The van der Waals surface area contributed by atoms with Crippen LogP contribution in [0.25, 0.3) is 0 Å². The van der Waals surface area contributed by atoms with Gasteiger partial charge in [-0.2, -0.15) is 0 Å². The van der Waals surface area contributed by atoms with Gasteiger partial charge in [0.05, 0.1) is 12.8 Å². The molecule has 0 saturated carbocycles. The van der Waals surface area contributed by atoms with E-state index in [1.165, 1.54) is 18.4 Å². The Labute approximate surface area is 109 Å². The number of nitrogens with one attached hydrogen (secondary N) is 1. The number of rotatable bonds is 3. The Kier molecular flexibility index (Phi) is 2.95. The molecule has 0 radical (unpaired) electrons. The molecule has 0 saturated heterocycles. The normalized spacial score (nSPS) is 16.8. The molecule has 1 aliphatic rings. The van der Waals surface area contributed by atoms with Crippen LogP contribution in [-0.2, 0) is 6.42 Å². The van der Waals surface area contributed by atoms with E-state index in [4.69, 9.17) is 9.15 Å². The van der Waals surface area contributed by atoms with E-state index in [0.29, 0.717) is 18.7 Å². The predicted octanol–water partition coefficient (Wildman–Crippen LogP) is 2.15. The van der Waals surface area contributed by atoms with Crippen molar-refractivity contribution < 1.29 is 18.3 Å². The molecule has 1 unspecified atom stereocenters. The molecule has 3 rings (SSSR count). The molecule has 2 aromatic rings. The van der Waals surface area contributed by atoms with Gasteiger partial charge in [0.2, 0.25) is 0 Å². The third-order valence-electron chi connectivity index (χ3n) is 3.00. The molecule has 0 aliphatic carbocycles. The first kappa shape index (κ1) is 11.8. The highest BCUT2D eigenvalue weighted by Gasteiger charge is 2.24. The van der Waals surface area contributed by atoms with Crippen LogP contribution >= 0.6 is 0 Å². The van der Waals surface area contributed by atoms with Crippen molar-refractivity contribution in [1.29, 1.82) is 0 Å². The van der Waals surface area contributed by atoms with E-state index in [1.807, 2.05) is 0 Å². The highest BCUT2D eigenvalue weighted by atomic mass is 19.1. The average Bonchev–Trinajstić information content (AvgIpc) is 3.04. The van der Waals surface area contributed by atoms with Crippen molar-refractivity contribution in [3.8, 4) is 5.75 Å². The molecular weight excluding hydrogens is 249 g/mol. The zero-order chi connectivity index (χ0) is 13.2. The van der Waals surface area contributed by atoms with Gasteiger partial charge in [-0.05, 0) is 30.3 Å². The lowest BCUT2D eigenvalue weighted by molar-refractivity contribution is 0.0906. The molecule has 1 aromatic carbocycles. The van der Waals surface area contributed by atoms with Crippen molar-refractivity contribution in [2.45, 2.75) is 12.5 Å². The minimum Gasteiger partial charge on any atom is -0.488 e. The first-order chi connectivity index (χ1) is 9.22. The fourth-order valence-corrected chi connectivity index (χ4v) is 2.10. The van der Waals surface area contributed by atoms with E-state index in [-0.39, 0.29) is 23.6 Å². The number of amides is 1. The standard InChI is InChI=1S/C14H12FNO3/c15-10-3-4-12-9(6-10)7-11(19-12)8-16-14(17)13-2-1-5-18-13/h1-6,11H,7-8H2,(H,16,17). The largest absolute Gasteiger partial charge is 0.488 e. The van der Waals surface area contributed by atoms with E-state index in [0.717, 1.165) is 5.56 Å². The number of hydrogen-bond donors (Lipinski definition) is 1. The van der Waals surface area contributed by atoms with Crippen LogP contribution in [0.4, 0.5) is 4.39 Å². The van der Waals surface area contributed by atoms with Gasteiger partial charge in [-0.15, -0.1) is 0 Å². The first-order valence-electron chi connectivity index (χ1n) is 5.99. The molecule has 0 bridgehead atoms. The summed E-state index contributed by atoms with van der Waals surface area (Å²) in [6.07, 6.45) is 1.86. The summed E-state index contributed by atoms with van der Waals surface area (Å²) >= 11 is 0. The number of halogens is 1. The van der Waals surface area contributed by atoms with Crippen molar-refractivity contribution in [1.82, 2.24) is 5.32 Å². The number of carbonyl (C=O) groups is 1. The summed E-state index contributed by atoms with van der Waals surface area (Å²) in [5, 5.41) is 2.73. The van der Waals surface area contributed by atoms with Crippen molar-refractivity contribution in [3.63, 3.8) is 0 Å². The zero-order valence-electron chi connectivity index (χ0n) is 10.1. The molecule has 5 heteroatoms. The zero-order valence-corrected chi connectivity index (χ0v) is 10.1. The maximum Gasteiger partial charge on any atom is 0.287 e. The van der Waals surface area contributed by atoms with E-state index in [9.17, 15) is 9.18 Å². The van der Waals surface area contributed by atoms with Gasteiger partial charge in [0, 0.05) is 12.0 Å². The SMILES string of the molecule is O=C(NCC1Cc2cc(F)ccc2O1)c1ccco1. The topological polar surface area (TPSA) is 51.5 Å². The molecule has 0 fully saturated rings. The summed E-state index contributed by atoms with van der Waals surface area (Å²) in [4.78, 5) is 11.7. The van der Waals surface area contributed by atoms with Crippen molar-refractivity contribution in [3.05, 3.63) is 53.7 Å². The minimum absolute atomic E-state index is 0.171. The van der Waals surface area contributed by atoms with Gasteiger partial charge in [0.1, 0.15) is 17.7 Å². The predicted molar refractivity (Wildman–Crippen MR) is 65.6 cm³/mol. The quantitative estimate of drug-likeness (QED) is 0.921. The summed E-state index contributed by atoms with van der Waals surface area (Å²) in [5.74, 6) is 0.388. The van der Waals surface area contributed by atoms with Crippen LogP contribution in [0.15, 0.2) is 41.0 Å². The second-order valence-electron chi connectivity index (χ2n) is 4.38. The summed E-state index contributed by atoms with van der Waals surface area (Å²) in [6, 6.07) is 7.68. The van der Waals surface area contributed by atoms with E-state index in [1.54, 1.807) is 18.2 Å². The third kappa shape index (κ3) is 2.45. The molecule has 0 spiro atoms. The van der Waals surface area contributed by atoms with E-state index in [2.05, 4.69) is 5.32 Å². The minimum atomic E-state index is -0.282. The van der Waals surface area contributed by atoms with Gasteiger partial charge in [0.15, 0.2) is 5.76 Å². The second-order valence-corrected chi connectivity index (χ2v) is 4.38. The lowest BCUT2D eigenvalue weighted by atomic mass is 10.1. The van der Waals surface area contributed by atoms with Gasteiger partial charge in [-0.3, -0.25) is 4.79 Å². The number of benzene rings is 1. The van der Waals surface area contributed by atoms with E-state index < -0.39 is 0 Å². The Hall–Kier alpha value is -2.30. The molecule has 1 atom stereocenters. The third-order valence-corrected chi connectivity index (χ3v) is 3.00. The summed E-state index contributed by atoms with van der Waals surface area (Å²) < 4.78 is 23.7. The number of furan rings is 1. The van der Waals surface area contributed by atoms with Crippen molar-refractivity contribution in [2.24, 2.45) is 0 Å². The van der Waals surface area contributed by atoms with Gasteiger partial charge < -0.3 is 14.5 Å². The molecule has 1 aromatic heterocycles. The number of ether oxygens (including phenoxy) is 1. The van der Waals surface area contributed by atoms with Gasteiger partial charge in [-0.1, -0.05) is 0 Å². The van der Waals surface area contributed by atoms with Crippen LogP contribution in [0.1, 0.15) is 16.1 Å². The van der Waals surface area contributed by atoms with Gasteiger partial charge in [0.25, 0.3) is 5.91 Å². The van der Waals surface area contributed by atoms with Crippen molar-refractivity contribution in [2.75, 3.05) is 6.54 Å². The second kappa shape index (κ2) is 4.76. The lowest BCUT2D eigenvalue weighted by Gasteiger charge is -2.10. The van der Waals surface area contributed by atoms with Crippen LogP contribution in [-0.4, -0.2) is 18.6 Å². The maximum atomic E-state index is 13.1. The summed E-state index contributed by atoms with van der Waals surface area (Å²) in [6.45, 7) is 0.357. The highest BCUT2D eigenvalue weighted by molar-refractivity contribution is 5.91. The Morgan fingerprint density at radius 3 is 3.11 bits per heavy atom. The molecule has 1 aliphatic heterocycles. The average molecular weight is 261 g/mol. The molecule has 1 amide bonds. The monoisotopic (exact) mass is 261 g/mol. The highest BCUT2D eigenvalue weighted by Crippen LogP contribution is 2.28. The Balaban J connectivity index is 1.58. The summed E-state index contributed by atoms with van der Waals surface area (Å²) in [7, 11) is 0. The van der Waals surface area contributed by atoms with Gasteiger partial charge >= 0.3 is 0 Å². The fourth-order valence-electron chi connectivity index (χ4n) is 2.10. The first-order valence-corrected chi connectivity index (χ1v) is 5.99. The van der Waals surface area contributed by atoms with Crippen molar-refractivity contribution >= 4 is 5.91 Å². The number of fused-ring (bicyclic) bond motifs is 1. The lowest BCUT2D eigenvalue weighted by Crippen LogP contribution is -2.34. The smallest absolute Gasteiger partial charge is 0.287 e. The van der Waals surface area contributed by atoms with Crippen LogP contribution in [0, 0.1) is 5.82 Å². The fraction of sp³-hybridized carbons (Fsp3) is 0.214. The maximum absolute atomic E-state index is 13.1. The molecule has 2 heterocycles. The number of hydrogen-bond acceptors (Lipinski definition) is 3. The van der Waals surface area contributed by atoms with Crippen LogP contribution in [0.2, 0.25) is 0 Å². The van der Waals surface area contributed by atoms with Crippen LogP contribution in [0.5, 0.6) is 5.75 Å². The Bertz CT molecular complexity index is 595. The van der Waals surface area contributed by atoms with Gasteiger partial charge in [-0.25, -0.2) is 4.39 Å².